The number of nitriles is 1. The van der Waals surface area contributed by atoms with Crippen molar-refractivity contribution in [2.24, 2.45) is 5.92 Å². The molecule has 34 heavy (non-hydrogen) atoms. The Labute approximate surface area is 208 Å². The Bertz CT molecular complexity index is 909. The van der Waals surface area contributed by atoms with Crippen LogP contribution in [0.4, 0.5) is 5.69 Å². The lowest BCUT2D eigenvalue weighted by Crippen LogP contribution is -2.48. The van der Waals surface area contributed by atoms with Crippen molar-refractivity contribution in [3.05, 3.63) is 65.7 Å². The SMILES string of the molecule is CC(C)c1cccc(N(C)CCN2CCN(CCCC(C#N)(c3ccccc3)C(C)C)CC2)c1. The Kier molecular flexibility index (Phi) is 9.56. The zero-order valence-electron chi connectivity index (χ0n) is 22.0. The van der Waals surface area contributed by atoms with Gasteiger partial charge in [-0.05, 0) is 54.5 Å². The molecule has 2 aromatic rings. The van der Waals surface area contributed by atoms with Gasteiger partial charge in [-0.1, -0.05) is 70.2 Å². The van der Waals surface area contributed by atoms with Gasteiger partial charge < -0.3 is 9.80 Å². The molecule has 0 radical (unpaired) electrons. The Morgan fingerprint density at radius 3 is 2.15 bits per heavy atom. The number of rotatable bonds is 11. The normalized spacial score (nSPS) is 17.0. The molecule has 1 aliphatic heterocycles. The minimum atomic E-state index is -0.388. The quantitative estimate of drug-likeness (QED) is 0.427. The largest absolute Gasteiger partial charge is 0.373 e. The van der Waals surface area contributed by atoms with Gasteiger partial charge in [-0.15, -0.1) is 0 Å². The third-order valence-corrected chi connectivity index (χ3v) is 7.71. The van der Waals surface area contributed by atoms with Gasteiger partial charge in [-0.2, -0.15) is 5.26 Å². The van der Waals surface area contributed by atoms with Gasteiger partial charge in [-0.3, -0.25) is 4.90 Å². The van der Waals surface area contributed by atoms with Crippen molar-refractivity contribution in [3.63, 3.8) is 0 Å². The highest BCUT2D eigenvalue weighted by Crippen LogP contribution is 2.36. The first-order valence-electron chi connectivity index (χ1n) is 13.1. The molecule has 3 rings (SSSR count). The number of hydrogen-bond acceptors (Lipinski definition) is 4. The lowest BCUT2D eigenvalue weighted by atomic mass is 9.70. The molecular formula is C30H44N4. The third kappa shape index (κ3) is 6.62. The summed E-state index contributed by atoms with van der Waals surface area (Å²) in [5, 5.41) is 10.1. The molecule has 1 fully saturated rings. The first-order chi connectivity index (χ1) is 16.4. The van der Waals surface area contributed by atoms with Gasteiger partial charge in [0, 0.05) is 52.0 Å². The average Bonchev–Trinajstić information content (AvgIpc) is 2.86. The van der Waals surface area contributed by atoms with Crippen LogP contribution in [0.2, 0.25) is 0 Å². The van der Waals surface area contributed by atoms with E-state index in [9.17, 15) is 5.26 Å². The van der Waals surface area contributed by atoms with E-state index in [4.69, 9.17) is 0 Å². The minimum absolute atomic E-state index is 0.301. The fourth-order valence-corrected chi connectivity index (χ4v) is 5.11. The molecular weight excluding hydrogens is 416 g/mol. The monoisotopic (exact) mass is 460 g/mol. The van der Waals surface area contributed by atoms with Gasteiger partial charge in [0.1, 0.15) is 0 Å². The van der Waals surface area contributed by atoms with Gasteiger partial charge in [0.25, 0.3) is 0 Å². The highest BCUT2D eigenvalue weighted by molar-refractivity contribution is 5.48. The van der Waals surface area contributed by atoms with Crippen LogP contribution in [-0.4, -0.2) is 62.7 Å². The molecule has 0 amide bonds. The van der Waals surface area contributed by atoms with Crippen molar-refractivity contribution in [1.82, 2.24) is 9.80 Å². The molecule has 0 N–H and O–H groups in total. The fraction of sp³-hybridized carbons (Fsp3) is 0.567. The smallest absolute Gasteiger partial charge is 0.0845 e. The number of piperazine rings is 1. The number of nitrogens with zero attached hydrogens (tertiary/aromatic N) is 4. The maximum absolute atomic E-state index is 10.1. The summed E-state index contributed by atoms with van der Waals surface area (Å²) in [6.45, 7) is 16.6. The van der Waals surface area contributed by atoms with Crippen LogP contribution in [0.25, 0.3) is 0 Å². The van der Waals surface area contributed by atoms with E-state index in [1.165, 1.54) is 16.8 Å². The Morgan fingerprint density at radius 1 is 0.912 bits per heavy atom. The van der Waals surface area contributed by atoms with Crippen molar-refractivity contribution in [3.8, 4) is 6.07 Å². The Balaban J connectivity index is 1.43. The van der Waals surface area contributed by atoms with E-state index in [2.05, 4.69) is 104 Å². The van der Waals surface area contributed by atoms with E-state index in [0.717, 1.165) is 58.7 Å². The second-order valence-electron chi connectivity index (χ2n) is 10.6. The number of likely N-dealkylation sites (N-methyl/N-ethyl adjacent to an activating group) is 1. The van der Waals surface area contributed by atoms with Crippen LogP contribution in [0.5, 0.6) is 0 Å². The highest BCUT2D eigenvalue weighted by Gasteiger charge is 2.35. The standard InChI is InChI=1S/C30H44N4/c1-25(2)27-11-9-14-29(23-27)32(5)17-18-34-21-19-33(20-22-34)16-10-15-30(24-31,26(3)4)28-12-7-6-8-13-28/h6-9,11-14,23,25-26H,10,15-22H2,1-5H3. The van der Waals surface area contributed by atoms with E-state index in [-0.39, 0.29) is 5.41 Å². The second-order valence-corrected chi connectivity index (χ2v) is 10.6. The zero-order chi connectivity index (χ0) is 24.6. The summed E-state index contributed by atoms with van der Waals surface area (Å²) in [5.41, 5.74) is 3.50. The molecule has 0 spiro atoms. The van der Waals surface area contributed by atoms with Crippen LogP contribution in [0.1, 0.15) is 57.6 Å². The summed E-state index contributed by atoms with van der Waals surface area (Å²) in [7, 11) is 2.21. The van der Waals surface area contributed by atoms with Crippen LogP contribution in [0.3, 0.4) is 0 Å². The third-order valence-electron chi connectivity index (χ3n) is 7.71. The van der Waals surface area contributed by atoms with E-state index in [1.54, 1.807) is 0 Å². The molecule has 1 saturated heterocycles. The lowest BCUT2D eigenvalue weighted by molar-refractivity contribution is 0.131. The summed E-state index contributed by atoms with van der Waals surface area (Å²) in [6, 6.07) is 22.0. The summed E-state index contributed by atoms with van der Waals surface area (Å²) >= 11 is 0. The summed E-state index contributed by atoms with van der Waals surface area (Å²) in [4.78, 5) is 7.56. The van der Waals surface area contributed by atoms with Gasteiger partial charge in [0.2, 0.25) is 0 Å². The second kappa shape index (κ2) is 12.4. The van der Waals surface area contributed by atoms with Crippen LogP contribution < -0.4 is 4.90 Å². The number of benzene rings is 2. The molecule has 0 aromatic heterocycles. The van der Waals surface area contributed by atoms with Crippen LogP contribution in [0.15, 0.2) is 54.6 Å². The molecule has 184 valence electrons. The first-order valence-corrected chi connectivity index (χ1v) is 13.1. The lowest BCUT2D eigenvalue weighted by Gasteiger charge is -2.37. The van der Waals surface area contributed by atoms with Gasteiger partial charge in [0.15, 0.2) is 0 Å². The number of anilines is 1. The summed E-state index contributed by atoms with van der Waals surface area (Å²) < 4.78 is 0. The molecule has 1 aliphatic rings. The molecule has 0 saturated carbocycles. The van der Waals surface area contributed by atoms with Crippen molar-refractivity contribution >= 4 is 5.69 Å². The van der Waals surface area contributed by atoms with Gasteiger partial charge >= 0.3 is 0 Å². The van der Waals surface area contributed by atoms with Gasteiger partial charge in [-0.25, -0.2) is 0 Å². The maximum Gasteiger partial charge on any atom is 0.0845 e. The summed E-state index contributed by atoms with van der Waals surface area (Å²) in [6.07, 6.45) is 1.99. The topological polar surface area (TPSA) is 33.5 Å². The van der Waals surface area contributed by atoms with E-state index in [1.807, 2.05) is 6.07 Å². The Hall–Kier alpha value is -2.35. The molecule has 4 heteroatoms. The molecule has 1 heterocycles. The predicted molar refractivity (Wildman–Crippen MR) is 144 cm³/mol. The van der Waals surface area contributed by atoms with Crippen LogP contribution in [-0.2, 0) is 5.41 Å². The molecule has 0 bridgehead atoms. The molecule has 1 atom stereocenters. The average molecular weight is 461 g/mol. The first kappa shape index (κ1) is 26.3. The molecule has 0 aliphatic carbocycles. The zero-order valence-corrected chi connectivity index (χ0v) is 22.0. The minimum Gasteiger partial charge on any atom is -0.373 e. The van der Waals surface area contributed by atoms with E-state index >= 15 is 0 Å². The van der Waals surface area contributed by atoms with E-state index < -0.39 is 0 Å². The van der Waals surface area contributed by atoms with Gasteiger partial charge in [0.05, 0.1) is 11.5 Å². The van der Waals surface area contributed by atoms with Crippen molar-refractivity contribution in [1.29, 1.82) is 5.26 Å². The molecule has 2 aromatic carbocycles. The van der Waals surface area contributed by atoms with Crippen molar-refractivity contribution < 1.29 is 0 Å². The fourth-order valence-electron chi connectivity index (χ4n) is 5.11. The Morgan fingerprint density at radius 2 is 1.56 bits per heavy atom. The van der Waals surface area contributed by atoms with Crippen molar-refractivity contribution in [2.45, 2.75) is 51.9 Å². The predicted octanol–water partition coefficient (Wildman–Crippen LogP) is 5.76. The molecule has 1 unspecified atom stereocenters. The highest BCUT2D eigenvalue weighted by atomic mass is 15.3. The number of hydrogen-bond donors (Lipinski definition) is 0. The van der Waals surface area contributed by atoms with E-state index in [0.29, 0.717) is 11.8 Å². The van der Waals surface area contributed by atoms with Crippen LogP contribution in [0, 0.1) is 17.2 Å². The summed E-state index contributed by atoms with van der Waals surface area (Å²) in [5.74, 6) is 0.864. The van der Waals surface area contributed by atoms with Crippen LogP contribution >= 0.6 is 0 Å². The maximum atomic E-state index is 10.1. The molecule has 4 nitrogen and oxygen atoms in total. The van der Waals surface area contributed by atoms with Crippen molar-refractivity contribution in [2.75, 3.05) is 57.8 Å².